The summed E-state index contributed by atoms with van der Waals surface area (Å²) in [4.78, 5) is 21.2. The highest BCUT2D eigenvalue weighted by molar-refractivity contribution is 5.82. The Morgan fingerprint density at radius 3 is 2.46 bits per heavy atom. The van der Waals surface area contributed by atoms with Crippen LogP contribution in [0.25, 0.3) is 0 Å². The number of carboxylic acid groups (broad SMARTS) is 1. The SMILES string of the molecule is C=C(C)CNC(=O)NC(C)C(=O)O. The number of aliphatic carboxylic acids is 1. The van der Waals surface area contributed by atoms with Crippen LogP contribution in [-0.4, -0.2) is 29.7 Å². The van der Waals surface area contributed by atoms with E-state index in [1.165, 1.54) is 6.92 Å². The van der Waals surface area contributed by atoms with Crippen molar-refractivity contribution in [2.24, 2.45) is 0 Å². The predicted molar refractivity (Wildman–Crippen MR) is 48.4 cm³/mol. The van der Waals surface area contributed by atoms with Gasteiger partial charge in [-0.25, -0.2) is 4.79 Å². The molecule has 0 saturated carbocycles. The van der Waals surface area contributed by atoms with Crippen molar-refractivity contribution in [3.8, 4) is 0 Å². The maximum Gasteiger partial charge on any atom is 0.325 e. The van der Waals surface area contributed by atoms with E-state index >= 15 is 0 Å². The molecule has 0 fully saturated rings. The highest BCUT2D eigenvalue weighted by Crippen LogP contribution is 1.83. The van der Waals surface area contributed by atoms with E-state index < -0.39 is 18.0 Å². The second-order valence-corrected chi connectivity index (χ2v) is 2.84. The smallest absolute Gasteiger partial charge is 0.325 e. The summed E-state index contributed by atoms with van der Waals surface area (Å²) < 4.78 is 0. The number of rotatable bonds is 4. The van der Waals surface area contributed by atoms with Crippen LogP contribution in [0, 0.1) is 0 Å². The van der Waals surface area contributed by atoms with Gasteiger partial charge in [-0.05, 0) is 13.8 Å². The normalized spacial score (nSPS) is 11.5. The van der Waals surface area contributed by atoms with Crippen molar-refractivity contribution in [2.75, 3.05) is 6.54 Å². The number of amides is 2. The molecule has 2 amide bonds. The average Bonchev–Trinajstić information content (AvgIpc) is 2.00. The summed E-state index contributed by atoms with van der Waals surface area (Å²) in [6.45, 7) is 7.08. The fourth-order valence-corrected chi connectivity index (χ4v) is 0.541. The predicted octanol–water partition coefficient (Wildman–Crippen LogP) is 0.335. The molecule has 74 valence electrons. The number of carboxylic acids is 1. The first-order valence-corrected chi connectivity index (χ1v) is 3.85. The van der Waals surface area contributed by atoms with Gasteiger partial charge >= 0.3 is 12.0 Å². The van der Waals surface area contributed by atoms with E-state index in [2.05, 4.69) is 17.2 Å². The summed E-state index contributed by atoms with van der Waals surface area (Å²) >= 11 is 0. The van der Waals surface area contributed by atoms with Crippen molar-refractivity contribution in [2.45, 2.75) is 19.9 Å². The van der Waals surface area contributed by atoms with Crippen molar-refractivity contribution in [1.82, 2.24) is 10.6 Å². The average molecular weight is 186 g/mol. The standard InChI is InChI=1S/C8H14N2O3/c1-5(2)4-9-8(13)10-6(3)7(11)12/h6H,1,4H2,2-3H3,(H,11,12)(H2,9,10,13). The fraction of sp³-hybridized carbons (Fsp3) is 0.500. The van der Waals surface area contributed by atoms with Gasteiger partial charge in [0.25, 0.3) is 0 Å². The van der Waals surface area contributed by atoms with Crippen LogP contribution in [0.4, 0.5) is 4.79 Å². The van der Waals surface area contributed by atoms with Crippen molar-refractivity contribution >= 4 is 12.0 Å². The minimum absolute atomic E-state index is 0.345. The van der Waals surface area contributed by atoms with E-state index in [0.717, 1.165) is 5.57 Å². The molecule has 0 aliphatic carbocycles. The largest absolute Gasteiger partial charge is 0.480 e. The van der Waals surface area contributed by atoms with Crippen LogP contribution >= 0.6 is 0 Å². The molecule has 3 N–H and O–H groups in total. The van der Waals surface area contributed by atoms with Crippen LogP contribution in [0.5, 0.6) is 0 Å². The molecule has 0 heterocycles. The zero-order chi connectivity index (χ0) is 10.4. The second kappa shape index (κ2) is 5.18. The van der Waals surface area contributed by atoms with Crippen LogP contribution in [0.2, 0.25) is 0 Å². The van der Waals surface area contributed by atoms with Gasteiger partial charge < -0.3 is 15.7 Å². The van der Waals surface area contributed by atoms with Gasteiger partial charge in [0.15, 0.2) is 0 Å². The van der Waals surface area contributed by atoms with E-state index in [1.807, 2.05) is 0 Å². The summed E-state index contributed by atoms with van der Waals surface area (Å²) in [5.74, 6) is -1.06. The number of hydrogen-bond acceptors (Lipinski definition) is 2. The molecule has 0 saturated heterocycles. The first-order chi connectivity index (χ1) is 5.93. The van der Waals surface area contributed by atoms with Crippen LogP contribution in [0.15, 0.2) is 12.2 Å². The van der Waals surface area contributed by atoms with E-state index in [-0.39, 0.29) is 0 Å². The maximum atomic E-state index is 10.9. The summed E-state index contributed by atoms with van der Waals surface area (Å²) in [6.07, 6.45) is 0. The lowest BCUT2D eigenvalue weighted by Gasteiger charge is -2.10. The number of nitrogens with one attached hydrogen (secondary N) is 2. The van der Waals surface area contributed by atoms with Gasteiger partial charge in [-0.15, -0.1) is 0 Å². The summed E-state index contributed by atoms with van der Waals surface area (Å²) in [6, 6.07) is -1.39. The Kier molecular flexibility index (Phi) is 4.58. The molecule has 0 radical (unpaired) electrons. The van der Waals surface area contributed by atoms with Gasteiger partial charge in [0.1, 0.15) is 6.04 Å². The van der Waals surface area contributed by atoms with E-state index in [4.69, 9.17) is 5.11 Å². The molecule has 0 aromatic carbocycles. The topological polar surface area (TPSA) is 78.4 Å². The van der Waals surface area contributed by atoms with E-state index in [9.17, 15) is 9.59 Å². The number of urea groups is 1. The zero-order valence-corrected chi connectivity index (χ0v) is 7.76. The number of hydrogen-bond donors (Lipinski definition) is 3. The third-order valence-electron chi connectivity index (χ3n) is 1.27. The molecule has 13 heavy (non-hydrogen) atoms. The molecule has 0 aliphatic heterocycles. The molecule has 0 aromatic heterocycles. The van der Waals surface area contributed by atoms with Crippen molar-refractivity contribution in [3.05, 3.63) is 12.2 Å². The Morgan fingerprint density at radius 1 is 1.54 bits per heavy atom. The Bertz CT molecular complexity index is 225. The van der Waals surface area contributed by atoms with Gasteiger partial charge in [0.05, 0.1) is 0 Å². The highest BCUT2D eigenvalue weighted by atomic mass is 16.4. The van der Waals surface area contributed by atoms with Gasteiger partial charge in [-0.2, -0.15) is 0 Å². The molecule has 5 nitrogen and oxygen atoms in total. The van der Waals surface area contributed by atoms with Gasteiger partial charge in [0.2, 0.25) is 0 Å². The lowest BCUT2D eigenvalue weighted by atomic mass is 10.3. The molecule has 0 bridgehead atoms. The van der Waals surface area contributed by atoms with Crippen molar-refractivity contribution < 1.29 is 14.7 Å². The van der Waals surface area contributed by atoms with Crippen LogP contribution in [-0.2, 0) is 4.79 Å². The van der Waals surface area contributed by atoms with Gasteiger partial charge in [0, 0.05) is 6.54 Å². The van der Waals surface area contributed by atoms with Crippen LogP contribution < -0.4 is 10.6 Å². The monoisotopic (exact) mass is 186 g/mol. The highest BCUT2D eigenvalue weighted by Gasteiger charge is 2.12. The summed E-state index contributed by atoms with van der Waals surface area (Å²) in [5, 5.41) is 13.1. The summed E-state index contributed by atoms with van der Waals surface area (Å²) in [7, 11) is 0. The van der Waals surface area contributed by atoms with E-state index in [1.54, 1.807) is 6.92 Å². The molecule has 1 unspecified atom stereocenters. The van der Waals surface area contributed by atoms with E-state index in [0.29, 0.717) is 6.54 Å². The third kappa shape index (κ3) is 5.72. The Hall–Kier alpha value is -1.52. The molecule has 5 heteroatoms. The number of carbonyl (C=O) groups is 2. The molecule has 0 aliphatic rings. The van der Waals surface area contributed by atoms with Crippen molar-refractivity contribution in [1.29, 1.82) is 0 Å². The van der Waals surface area contributed by atoms with Crippen LogP contribution in [0.1, 0.15) is 13.8 Å². The van der Waals surface area contributed by atoms with Gasteiger partial charge in [-0.1, -0.05) is 12.2 Å². The lowest BCUT2D eigenvalue weighted by molar-refractivity contribution is -0.138. The quantitative estimate of drug-likeness (QED) is 0.554. The Morgan fingerprint density at radius 2 is 2.08 bits per heavy atom. The number of carbonyl (C=O) groups excluding carboxylic acids is 1. The first kappa shape index (κ1) is 11.5. The molecule has 0 aromatic rings. The molecule has 0 rings (SSSR count). The Balaban J connectivity index is 3.74. The van der Waals surface area contributed by atoms with Gasteiger partial charge in [-0.3, -0.25) is 4.79 Å². The third-order valence-corrected chi connectivity index (χ3v) is 1.27. The Labute approximate surface area is 76.8 Å². The maximum absolute atomic E-state index is 10.9. The minimum Gasteiger partial charge on any atom is -0.480 e. The minimum atomic E-state index is -1.06. The second-order valence-electron chi connectivity index (χ2n) is 2.84. The lowest BCUT2D eigenvalue weighted by Crippen LogP contribution is -2.44. The first-order valence-electron chi connectivity index (χ1n) is 3.85. The molecule has 1 atom stereocenters. The zero-order valence-electron chi connectivity index (χ0n) is 7.76. The molecular formula is C8H14N2O3. The molecule has 0 spiro atoms. The summed E-state index contributed by atoms with van der Waals surface area (Å²) in [5.41, 5.74) is 0.804. The van der Waals surface area contributed by atoms with Crippen LogP contribution in [0.3, 0.4) is 0 Å². The fourth-order valence-electron chi connectivity index (χ4n) is 0.541. The molecular weight excluding hydrogens is 172 g/mol. The van der Waals surface area contributed by atoms with Crippen molar-refractivity contribution in [3.63, 3.8) is 0 Å².